The fourth-order valence-corrected chi connectivity index (χ4v) is 1.86. The first-order valence-electron chi connectivity index (χ1n) is 3.13. The Kier molecular flexibility index (Phi) is 2.99. The lowest BCUT2D eigenvalue weighted by molar-refractivity contribution is 0.0979. The third kappa shape index (κ3) is 1.73. The second kappa shape index (κ2) is 3.82. The number of Topliss-reactive ketones (excluding diaryl/α,β-unsaturated/α-hetero) is 1. The van der Waals surface area contributed by atoms with Crippen LogP contribution in [0.25, 0.3) is 0 Å². The molecule has 1 amide bonds. The third-order valence-electron chi connectivity index (χ3n) is 1.31. The highest BCUT2D eigenvalue weighted by molar-refractivity contribution is 9.09. The Labute approximate surface area is 81.7 Å². The molecule has 0 saturated carbocycles. The molecule has 0 fully saturated rings. The van der Waals surface area contributed by atoms with E-state index >= 15 is 0 Å². The highest BCUT2D eigenvalue weighted by Gasteiger charge is 2.14. The van der Waals surface area contributed by atoms with Crippen molar-refractivity contribution in [1.82, 2.24) is 0 Å². The topological polar surface area (TPSA) is 60.2 Å². The third-order valence-corrected chi connectivity index (χ3v) is 2.75. The summed E-state index contributed by atoms with van der Waals surface area (Å²) < 4.78 is 0. The van der Waals surface area contributed by atoms with Crippen LogP contribution in [0.5, 0.6) is 0 Å². The molecule has 0 aromatic carbocycles. The zero-order valence-electron chi connectivity index (χ0n) is 6.04. The Morgan fingerprint density at radius 3 is 2.75 bits per heavy atom. The molecule has 0 aliphatic heterocycles. The minimum Gasteiger partial charge on any atom is -0.365 e. The summed E-state index contributed by atoms with van der Waals surface area (Å²) in [5.41, 5.74) is 5.46. The first-order chi connectivity index (χ1) is 5.66. The lowest BCUT2D eigenvalue weighted by Gasteiger charge is -1.94. The minimum absolute atomic E-state index is 0.120. The Morgan fingerprint density at radius 1 is 1.58 bits per heavy atom. The average Bonchev–Trinajstić information content (AvgIpc) is 2.50. The quantitative estimate of drug-likeness (QED) is 0.649. The van der Waals surface area contributed by atoms with Gasteiger partial charge in [0.25, 0.3) is 5.91 Å². The van der Waals surface area contributed by atoms with Crippen LogP contribution in [0.15, 0.2) is 11.4 Å². The van der Waals surface area contributed by atoms with Crippen LogP contribution < -0.4 is 5.73 Å². The number of rotatable bonds is 3. The number of primary amides is 1. The van der Waals surface area contributed by atoms with Crippen LogP contribution in [0.3, 0.4) is 0 Å². The van der Waals surface area contributed by atoms with E-state index in [0.717, 1.165) is 0 Å². The van der Waals surface area contributed by atoms with E-state index in [4.69, 9.17) is 5.73 Å². The van der Waals surface area contributed by atoms with Gasteiger partial charge in [0.05, 0.1) is 5.33 Å². The molecule has 0 radical (unpaired) electrons. The van der Waals surface area contributed by atoms with Crippen molar-refractivity contribution in [1.29, 1.82) is 0 Å². The number of carbonyl (C=O) groups is 2. The molecular formula is C7H6BrNO2S. The minimum atomic E-state index is -0.547. The van der Waals surface area contributed by atoms with Crippen molar-refractivity contribution in [3.8, 4) is 0 Å². The number of ketones is 1. The molecule has 0 atom stereocenters. The summed E-state index contributed by atoms with van der Waals surface area (Å²) in [7, 11) is 0. The molecule has 0 bridgehead atoms. The molecule has 1 aromatic heterocycles. The van der Waals surface area contributed by atoms with Crippen molar-refractivity contribution in [2.45, 2.75) is 0 Å². The van der Waals surface area contributed by atoms with Gasteiger partial charge in [-0.25, -0.2) is 0 Å². The fourth-order valence-electron chi connectivity index (χ4n) is 0.792. The van der Waals surface area contributed by atoms with E-state index in [1.165, 1.54) is 11.3 Å². The van der Waals surface area contributed by atoms with Crippen LogP contribution in [0.2, 0.25) is 0 Å². The van der Waals surface area contributed by atoms with Crippen molar-refractivity contribution in [3.63, 3.8) is 0 Å². The van der Waals surface area contributed by atoms with Crippen LogP contribution >= 0.6 is 27.3 Å². The van der Waals surface area contributed by atoms with E-state index in [2.05, 4.69) is 15.9 Å². The maximum Gasteiger partial charge on any atom is 0.259 e. The van der Waals surface area contributed by atoms with Crippen molar-refractivity contribution >= 4 is 39.0 Å². The van der Waals surface area contributed by atoms with Crippen LogP contribution in [-0.4, -0.2) is 17.0 Å². The van der Waals surface area contributed by atoms with Crippen molar-refractivity contribution in [3.05, 3.63) is 21.9 Å². The summed E-state index contributed by atoms with van der Waals surface area (Å²) >= 11 is 4.21. The first kappa shape index (κ1) is 9.41. The van der Waals surface area contributed by atoms with E-state index in [1.807, 2.05) is 0 Å². The van der Waals surface area contributed by atoms with Crippen LogP contribution in [-0.2, 0) is 0 Å². The normalized spacial score (nSPS) is 9.75. The molecule has 0 aliphatic carbocycles. The first-order valence-corrected chi connectivity index (χ1v) is 5.13. The molecule has 1 aromatic rings. The van der Waals surface area contributed by atoms with Crippen LogP contribution in [0.1, 0.15) is 20.0 Å². The van der Waals surface area contributed by atoms with E-state index in [1.54, 1.807) is 11.4 Å². The molecule has 3 nitrogen and oxygen atoms in total. The zero-order valence-corrected chi connectivity index (χ0v) is 8.44. The lowest BCUT2D eigenvalue weighted by atomic mass is 10.2. The van der Waals surface area contributed by atoms with Gasteiger partial charge in [-0.2, -0.15) is 0 Å². The highest BCUT2D eigenvalue weighted by Crippen LogP contribution is 2.17. The summed E-state index contributed by atoms with van der Waals surface area (Å²) in [6.07, 6.45) is 0. The molecule has 5 heteroatoms. The number of carbonyl (C=O) groups excluding carboxylic acids is 2. The molecule has 0 spiro atoms. The van der Waals surface area contributed by atoms with Crippen molar-refractivity contribution < 1.29 is 9.59 Å². The smallest absolute Gasteiger partial charge is 0.259 e. The Bertz CT molecular complexity index is 321. The Hall–Kier alpha value is -0.680. The number of halogens is 1. The van der Waals surface area contributed by atoms with Gasteiger partial charge in [0.1, 0.15) is 4.88 Å². The summed E-state index contributed by atoms with van der Waals surface area (Å²) in [4.78, 5) is 22.3. The molecule has 1 rings (SSSR count). The maximum absolute atomic E-state index is 11.2. The predicted octanol–water partition coefficient (Wildman–Crippen LogP) is 1.42. The average molecular weight is 248 g/mol. The second-order valence-corrected chi connectivity index (χ2v) is 3.56. The fraction of sp³-hybridized carbons (Fsp3) is 0.143. The molecule has 12 heavy (non-hydrogen) atoms. The van der Waals surface area contributed by atoms with Gasteiger partial charge in [0.15, 0.2) is 5.78 Å². The van der Waals surface area contributed by atoms with Crippen LogP contribution in [0.4, 0.5) is 0 Å². The molecule has 0 aliphatic rings. The number of thiophene rings is 1. The number of nitrogens with two attached hydrogens (primary N) is 1. The summed E-state index contributed by atoms with van der Waals surface area (Å²) in [6, 6.07) is 1.61. The number of hydrogen-bond donors (Lipinski definition) is 1. The highest BCUT2D eigenvalue weighted by atomic mass is 79.9. The maximum atomic E-state index is 11.2. The van der Waals surface area contributed by atoms with Gasteiger partial charge in [-0.15, -0.1) is 11.3 Å². The second-order valence-electron chi connectivity index (χ2n) is 2.08. The summed E-state index contributed by atoms with van der Waals surface area (Å²) in [5, 5.41) is 1.89. The molecular weight excluding hydrogens is 242 g/mol. The molecule has 2 N–H and O–H groups in total. The van der Waals surface area contributed by atoms with E-state index in [0.29, 0.717) is 10.4 Å². The van der Waals surface area contributed by atoms with Gasteiger partial charge >= 0.3 is 0 Å². The number of amides is 1. The molecule has 64 valence electrons. The van der Waals surface area contributed by atoms with Crippen LogP contribution in [0, 0.1) is 0 Å². The molecule has 1 heterocycles. The molecule has 0 unspecified atom stereocenters. The largest absolute Gasteiger partial charge is 0.365 e. The van der Waals surface area contributed by atoms with Gasteiger partial charge in [-0.05, 0) is 11.4 Å². The number of alkyl halides is 1. The van der Waals surface area contributed by atoms with E-state index in [9.17, 15) is 9.59 Å². The standard InChI is InChI=1S/C7H6BrNO2S/c8-3-5(10)4-1-2-12-6(4)7(9)11/h1-2H,3H2,(H2,9,11). The van der Waals surface area contributed by atoms with Gasteiger partial charge in [0.2, 0.25) is 0 Å². The van der Waals surface area contributed by atoms with E-state index < -0.39 is 5.91 Å². The SMILES string of the molecule is NC(=O)c1sccc1C(=O)CBr. The zero-order chi connectivity index (χ0) is 9.14. The summed E-state index contributed by atoms with van der Waals surface area (Å²) in [5.74, 6) is -0.667. The van der Waals surface area contributed by atoms with Gasteiger partial charge in [-0.1, -0.05) is 15.9 Å². The van der Waals surface area contributed by atoms with Crippen molar-refractivity contribution in [2.75, 3.05) is 5.33 Å². The van der Waals surface area contributed by atoms with E-state index in [-0.39, 0.29) is 11.1 Å². The lowest BCUT2D eigenvalue weighted by Crippen LogP contribution is -2.13. The monoisotopic (exact) mass is 247 g/mol. The van der Waals surface area contributed by atoms with Gasteiger partial charge < -0.3 is 5.73 Å². The Balaban J connectivity index is 3.07. The summed E-state index contributed by atoms with van der Waals surface area (Å²) in [6.45, 7) is 0. The Morgan fingerprint density at radius 2 is 2.25 bits per heavy atom. The van der Waals surface area contributed by atoms with Gasteiger partial charge in [-0.3, -0.25) is 9.59 Å². The molecule has 0 saturated heterocycles. The number of hydrogen-bond acceptors (Lipinski definition) is 3. The van der Waals surface area contributed by atoms with Crippen molar-refractivity contribution in [2.24, 2.45) is 5.73 Å². The van der Waals surface area contributed by atoms with Gasteiger partial charge in [0, 0.05) is 5.56 Å². The predicted molar refractivity (Wildman–Crippen MR) is 51.0 cm³/mol.